The van der Waals surface area contributed by atoms with Crippen molar-refractivity contribution in [2.75, 3.05) is 11.9 Å². The molecule has 1 N–H and O–H groups in total. The zero-order valence-electron chi connectivity index (χ0n) is 11.2. The van der Waals surface area contributed by atoms with Crippen LogP contribution in [0.4, 0.5) is 5.69 Å². The Labute approximate surface area is 106 Å². The Morgan fingerprint density at radius 3 is 2.59 bits per heavy atom. The van der Waals surface area contributed by atoms with Gasteiger partial charge in [-0.2, -0.15) is 0 Å². The number of hydrogen-bond acceptors (Lipinski definition) is 1. The van der Waals surface area contributed by atoms with Crippen LogP contribution in [-0.4, -0.2) is 6.54 Å². The second-order valence-electron chi connectivity index (χ2n) is 5.04. The van der Waals surface area contributed by atoms with E-state index in [-0.39, 0.29) is 0 Å². The number of benzene rings is 1. The molecule has 0 radical (unpaired) electrons. The highest BCUT2D eigenvalue weighted by molar-refractivity contribution is 5.42. The standard InChI is InChI=1S/C16H25N/c1-14(2)8-7-9-15(3)12-13-17-16-10-5-4-6-11-16/h4-6,10-11,15,17H,1,7-9,12-13H2,2-3H3/t15-/m1/s1. The summed E-state index contributed by atoms with van der Waals surface area (Å²) in [6, 6.07) is 10.4. The van der Waals surface area contributed by atoms with Crippen LogP contribution in [0, 0.1) is 5.92 Å². The molecule has 0 saturated carbocycles. The number of anilines is 1. The third kappa shape index (κ3) is 6.83. The minimum atomic E-state index is 0.797. The van der Waals surface area contributed by atoms with Gasteiger partial charge in [0.15, 0.2) is 0 Å². The van der Waals surface area contributed by atoms with Crippen LogP contribution in [0.5, 0.6) is 0 Å². The van der Waals surface area contributed by atoms with Crippen molar-refractivity contribution in [2.24, 2.45) is 5.92 Å². The van der Waals surface area contributed by atoms with Crippen molar-refractivity contribution < 1.29 is 0 Å². The van der Waals surface area contributed by atoms with Crippen LogP contribution in [0.3, 0.4) is 0 Å². The Morgan fingerprint density at radius 2 is 1.94 bits per heavy atom. The molecule has 0 heterocycles. The Morgan fingerprint density at radius 1 is 1.24 bits per heavy atom. The highest BCUT2D eigenvalue weighted by Gasteiger charge is 2.01. The number of para-hydroxylation sites is 1. The number of rotatable bonds is 8. The lowest BCUT2D eigenvalue weighted by Crippen LogP contribution is -2.06. The Balaban J connectivity index is 2.08. The normalized spacial score (nSPS) is 12.1. The van der Waals surface area contributed by atoms with Crippen LogP contribution in [0.15, 0.2) is 42.5 Å². The molecule has 1 nitrogen and oxygen atoms in total. The molecule has 0 saturated heterocycles. The Hall–Kier alpha value is -1.24. The predicted molar refractivity (Wildman–Crippen MR) is 77.4 cm³/mol. The molecule has 1 heteroatoms. The average Bonchev–Trinajstić information content (AvgIpc) is 2.30. The van der Waals surface area contributed by atoms with Gasteiger partial charge in [0.2, 0.25) is 0 Å². The molecule has 1 rings (SSSR count). The third-order valence-corrected chi connectivity index (χ3v) is 3.04. The first-order chi connectivity index (χ1) is 8.18. The lowest BCUT2D eigenvalue weighted by molar-refractivity contribution is 0.486. The van der Waals surface area contributed by atoms with Crippen molar-refractivity contribution in [1.82, 2.24) is 0 Å². The quantitative estimate of drug-likeness (QED) is 0.629. The zero-order chi connectivity index (χ0) is 12.5. The Bertz CT molecular complexity index is 316. The third-order valence-electron chi connectivity index (χ3n) is 3.04. The lowest BCUT2D eigenvalue weighted by atomic mass is 9.99. The summed E-state index contributed by atoms with van der Waals surface area (Å²) in [4.78, 5) is 0. The molecule has 0 aliphatic carbocycles. The molecule has 0 aliphatic rings. The van der Waals surface area contributed by atoms with Crippen LogP contribution in [0.25, 0.3) is 0 Å². The monoisotopic (exact) mass is 231 g/mol. The average molecular weight is 231 g/mol. The van der Waals surface area contributed by atoms with Gasteiger partial charge in [0.25, 0.3) is 0 Å². The summed E-state index contributed by atoms with van der Waals surface area (Å²) >= 11 is 0. The molecule has 94 valence electrons. The summed E-state index contributed by atoms with van der Waals surface area (Å²) in [6.45, 7) is 9.46. The number of allylic oxidation sites excluding steroid dienone is 1. The number of nitrogens with one attached hydrogen (secondary N) is 1. The Kier molecular flexibility index (Phi) is 6.46. The zero-order valence-corrected chi connectivity index (χ0v) is 11.2. The van der Waals surface area contributed by atoms with Crippen LogP contribution in [-0.2, 0) is 0 Å². The fraction of sp³-hybridized carbons (Fsp3) is 0.500. The van der Waals surface area contributed by atoms with Crippen LogP contribution < -0.4 is 5.32 Å². The van der Waals surface area contributed by atoms with E-state index in [1.807, 2.05) is 6.07 Å². The second kappa shape index (κ2) is 7.94. The molecule has 1 aromatic carbocycles. The van der Waals surface area contributed by atoms with E-state index in [1.54, 1.807) is 0 Å². The highest BCUT2D eigenvalue weighted by Crippen LogP contribution is 2.14. The van der Waals surface area contributed by atoms with Gasteiger partial charge in [0, 0.05) is 12.2 Å². The van der Waals surface area contributed by atoms with E-state index in [2.05, 4.69) is 50.0 Å². The van der Waals surface area contributed by atoms with E-state index in [9.17, 15) is 0 Å². The van der Waals surface area contributed by atoms with E-state index in [1.165, 1.54) is 36.9 Å². The number of hydrogen-bond donors (Lipinski definition) is 1. The van der Waals surface area contributed by atoms with Crippen molar-refractivity contribution >= 4 is 5.69 Å². The van der Waals surface area contributed by atoms with Gasteiger partial charge in [-0.25, -0.2) is 0 Å². The van der Waals surface area contributed by atoms with Crippen molar-refractivity contribution in [3.8, 4) is 0 Å². The summed E-state index contributed by atoms with van der Waals surface area (Å²) in [6.07, 6.45) is 5.01. The topological polar surface area (TPSA) is 12.0 Å². The summed E-state index contributed by atoms with van der Waals surface area (Å²) in [7, 11) is 0. The molecule has 0 fully saturated rings. The summed E-state index contributed by atoms with van der Waals surface area (Å²) < 4.78 is 0. The van der Waals surface area contributed by atoms with Crippen molar-refractivity contribution in [3.63, 3.8) is 0 Å². The minimum absolute atomic E-state index is 0.797. The van der Waals surface area contributed by atoms with Gasteiger partial charge < -0.3 is 5.32 Å². The van der Waals surface area contributed by atoms with Crippen LogP contribution in [0.2, 0.25) is 0 Å². The van der Waals surface area contributed by atoms with E-state index in [0.717, 1.165) is 12.5 Å². The summed E-state index contributed by atoms with van der Waals surface area (Å²) in [5, 5.41) is 3.46. The SMILES string of the molecule is C=C(C)CCC[C@@H](C)CCNc1ccccc1. The van der Waals surface area contributed by atoms with Gasteiger partial charge in [-0.3, -0.25) is 0 Å². The molecule has 0 spiro atoms. The lowest BCUT2D eigenvalue weighted by Gasteiger charge is -2.12. The van der Waals surface area contributed by atoms with Crippen molar-refractivity contribution in [2.45, 2.75) is 39.5 Å². The summed E-state index contributed by atoms with van der Waals surface area (Å²) in [5.41, 5.74) is 2.53. The molecule has 0 amide bonds. The van der Waals surface area contributed by atoms with Gasteiger partial charge in [-0.05, 0) is 44.2 Å². The van der Waals surface area contributed by atoms with Gasteiger partial charge >= 0.3 is 0 Å². The maximum atomic E-state index is 3.94. The molecular weight excluding hydrogens is 206 g/mol. The predicted octanol–water partition coefficient (Wildman–Crippen LogP) is 4.87. The molecule has 0 unspecified atom stereocenters. The highest BCUT2D eigenvalue weighted by atomic mass is 14.9. The van der Waals surface area contributed by atoms with E-state index < -0.39 is 0 Å². The van der Waals surface area contributed by atoms with Crippen molar-refractivity contribution in [3.05, 3.63) is 42.5 Å². The summed E-state index contributed by atoms with van der Waals surface area (Å²) in [5.74, 6) is 0.797. The molecular formula is C16H25N. The molecule has 0 aromatic heterocycles. The van der Waals surface area contributed by atoms with Crippen LogP contribution >= 0.6 is 0 Å². The van der Waals surface area contributed by atoms with E-state index in [0.29, 0.717) is 0 Å². The molecule has 1 atom stereocenters. The maximum Gasteiger partial charge on any atom is 0.0340 e. The smallest absolute Gasteiger partial charge is 0.0340 e. The van der Waals surface area contributed by atoms with E-state index in [4.69, 9.17) is 0 Å². The fourth-order valence-corrected chi connectivity index (χ4v) is 1.92. The fourth-order valence-electron chi connectivity index (χ4n) is 1.92. The van der Waals surface area contributed by atoms with Crippen LogP contribution in [0.1, 0.15) is 39.5 Å². The van der Waals surface area contributed by atoms with Gasteiger partial charge in [0.05, 0.1) is 0 Å². The first-order valence-electron chi connectivity index (χ1n) is 6.62. The molecule has 0 aliphatic heterocycles. The molecule has 1 aromatic rings. The van der Waals surface area contributed by atoms with Gasteiger partial charge in [0.1, 0.15) is 0 Å². The minimum Gasteiger partial charge on any atom is -0.385 e. The van der Waals surface area contributed by atoms with Gasteiger partial charge in [-0.15, -0.1) is 6.58 Å². The largest absolute Gasteiger partial charge is 0.385 e. The molecule has 0 bridgehead atoms. The van der Waals surface area contributed by atoms with Gasteiger partial charge in [-0.1, -0.05) is 37.1 Å². The second-order valence-corrected chi connectivity index (χ2v) is 5.04. The molecule has 17 heavy (non-hydrogen) atoms. The first kappa shape index (κ1) is 13.8. The van der Waals surface area contributed by atoms with E-state index >= 15 is 0 Å². The maximum absolute atomic E-state index is 3.94. The van der Waals surface area contributed by atoms with Crippen molar-refractivity contribution in [1.29, 1.82) is 0 Å². The first-order valence-corrected chi connectivity index (χ1v) is 6.62.